The van der Waals surface area contributed by atoms with Crippen LogP contribution in [0.3, 0.4) is 0 Å². The second kappa shape index (κ2) is 8.37. The first-order chi connectivity index (χ1) is 9.63. The summed E-state index contributed by atoms with van der Waals surface area (Å²) in [5, 5.41) is 0. The predicted molar refractivity (Wildman–Crippen MR) is 86.7 cm³/mol. The van der Waals surface area contributed by atoms with Gasteiger partial charge in [-0.3, -0.25) is 4.79 Å². The molecule has 1 aromatic carbocycles. The Morgan fingerprint density at radius 2 is 2.05 bits per heavy atom. The van der Waals surface area contributed by atoms with Crippen molar-refractivity contribution in [1.29, 1.82) is 0 Å². The Bertz CT molecular complexity index is 450. The number of nitrogens with zero attached hydrogens (tertiary/aromatic N) is 1. The number of rotatable bonds is 4. The number of likely N-dealkylation sites (tertiary alicyclic amines) is 1. The minimum absolute atomic E-state index is 0. The number of hydrogen-bond acceptors (Lipinski definition) is 3. The number of methoxy groups -OCH3 is 1. The van der Waals surface area contributed by atoms with Gasteiger partial charge >= 0.3 is 0 Å². The van der Waals surface area contributed by atoms with Crippen molar-refractivity contribution in [3.63, 3.8) is 0 Å². The molecule has 0 bridgehead atoms. The molecule has 0 radical (unpaired) electrons. The SMILES string of the molecule is COC1CCN(C(=O)Cc2ccc(C)cc2)C(CN)C1.Cl. The monoisotopic (exact) mass is 312 g/mol. The zero-order valence-electron chi connectivity index (χ0n) is 12.7. The van der Waals surface area contributed by atoms with Crippen molar-refractivity contribution in [1.82, 2.24) is 4.90 Å². The molecule has 1 fully saturated rings. The maximum atomic E-state index is 12.4. The van der Waals surface area contributed by atoms with Crippen molar-refractivity contribution in [3.05, 3.63) is 35.4 Å². The van der Waals surface area contributed by atoms with Crippen molar-refractivity contribution in [2.75, 3.05) is 20.2 Å². The lowest BCUT2D eigenvalue weighted by molar-refractivity contribution is -0.136. The van der Waals surface area contributed by atoms with Crippen LogP contribution in [0.25, 0.3) is 0 Å². The highest BCUT2D eigenvalue weighted by Crippen LogP contribution is 2.20. The third kappa shape index (κ3) is 4.70. The van der Waals surface area contributed by atoms with Crippen LogP contribution in [0.5, 0.6) is 0 Å². The lowest BCUT2D eigenvalue weighted by Crippen LogP contribution is -2.51. The molecule has 1 saturated heterocycles. The Hall–Kier alpha value is -1.10. The van der Waals surface area contributed by atoms with Gasteiger partial charge in [-0.15, -0.1) is 12.4 Å². The number of carbonyl (C=O) groups excluding carboxylic acids is 1. The normalized spacial score (nSPS) is 21.8. The number of carbonyl (C=O) groups is 1. The standard InChI is InChI=1S/C16H24N2O2.ClH/c1-12-3-5-13(6-4-12)9-16(19)18-8-7-15(20-2)10-14(18)11-17;/h3-6,14-15H,7-11,17H2,1-2H3;1H. The van der Waals surface area contributed by atoms with Gasteiger partial charge in [0.05, 0.1) is 12.5 Å². The van der Waals surface area contributed by atoms with Gasteiger partial charge in [0.15, 0.2) is 0 Å². The summed E-state index contributed by atoms with van der Waals surface area (Å²) in [5.41, 5.74) is 8.08. The molecule has 1 amide bonds. The number of amides is 1. The Kier molecular flexibility index (Phi) is 7.15. The van der Waals surface area contributed by atoms with Gasteiger partial charge in [-0.1, -0.05) is 29.8 Å². The molecule has 2 N–H and O–H groups in total. The summed E-state index contributed by atoms with van der Waals surface area (Å²) in [7, 11) is 1.72. The number of hydrogen-bond donors (Lipinski definition) is 1. The third-order valence-electron chi connectivity index (χ3n) is 4.07. The summed E-state index contributed by atoms with van der Waals surface area (Å²) < 4.78 is 5.39. The van der Waals surface area contributed by atoms with E-state index in [9.17, 15) is 4.79 Å². The first kappa shape index (κ1) is 18.0. The maximum Gasteiger partial charge on any atom is 0.227 e. The maximum absolute atomic E-state index is 12.4. The number of nitrogens with two attached hydrogens (primary N) is 1. The lowest BCUT2D eigenvalue weighted by atomic mass is 9.98. The number of aryl methyl sites for hydroxylation is 1. The van der Waals surface area contributed by atoms with Crippen LogP contribution in [-0.2, 0) is 16.0 Å². The average molecular weight is 313 g/mol. The van der Waals surface area contributed by atoms with Crippen molar-refractivity contribution in [3.8, 4) is 0 Å². The van der Waals surface area contributed by atoms with Crippen molar-refractivity contribution in [2.45, 2.75) is 38.3 Å². The Morgan fingerprint density at radius 3 is 2.62 bits per heavy atom. The number of benzene rings is 1. The van der Waals surface area contributed by atoms with Crippen LogP contribution in [0.15, 0.2) is 24.3 Å². The highest BCUT2D eigenvalue weighted by molar-refractivity contribution is 5.85. The number of halogens is 1. The molecule has 0 saturated carbocycles. The van der Waals surface area contributed by atoms with Gasteiger partial charge in [-0.05, 0) is 25.3 Å². The van der Waals surface area contributed by atoms with E-state index in [1.807, 2.05) is 36.1 Å². The van der Waals surface area contributed by atoms with Crippen molar-refractivity contribution in [2.24, 2.45) is 5.73 Å². The van der Waals surface area contributed by atoms with Crippen LogP contribution in [0.4, 0.5) is 0 Å². The zero-order chi connectivity index (χ0) is 14.5. The Morgan fingerprint density at radius 1 is 1.38 bits per heavy atom. The molecule has 118 valence electrons. The third-order valence-corrected chi connectivity index (χ3v) is 4.07. The van der Waals surface area contributed by atoms with Gasteiger partial charge in [-0.25, -0.2) is 0 Å². The van der Waals surface area contributed by atoms with E-state index in [2.05, 4.69) is 0 Å². The van der Waals surface area contributed by atoms with E-state index in [1.165, 1.54) is 5.56 Å². The summed E-state index contributed by atoms with van der Waals surface area (Å²) in [6, 6.07) is 8.23. The lowest BCUT2D eigenvalue weighted by Gasteiger charge is -2.38. The van der Waals surface area contributed by atoms with E-state index in [-0.39, 0.29) is 30.5 Å². The van der Waals surface area contributed by atoms with Crippen molar-refractivity contribution >= 4 is 18.3 Å². The molecule has 5 heteroatoms. The summed E-state index contributed by atoms with van der Waals surface area (Å²) in [6.45, 7) is 3.29. The van der Waals surface area contributed by atoms with Gasteiger partial charge in [0, 0.05) is 26.2 Å². The average Bonchev–Trinajstić information content (AvgIpc) is 2.48. The van der Waals surface area contributed by atoms with Crippen LogP contribution in [0, 0.1) is 6.92 Å². The van der Waals surface area contributed by atoms with Gasteiger partial charge in [-0.2, -0.15) is 0 Å². The zero-order valence-corrected chi connectivity index (χ0v) is 13.6. The quantitative estimate of drug-likeness (QED) is 0.924. The fourth-order valence-electron chi connectivity index (χ4n) is 2.76. The van der Waals surface area contributed by atoms with Gasteiger partial charge < -0.3 is 15.4 Å². The molecule has 0 aliphatic carbocycles. The smallest absolute Gasteiger partial charge is 0.227 e. The predicted octanol–water partition coefficient (Wildman–Crippen LogP) is 1.92. The first-order valence-electron chi connectivity index (χ1n) is 7.22. The first-order valence-corrected chi connectivity index (χ1v) is 7.22. The minimum Gasteiger partial charge on any atom is -0.381 e. The van der Waals surface area contributed by atoms with E-state index < -0.39 is 0 Å². The Labute approximate surface area is 133 Å². The molecule has 2 unspecified atom stereocenters. The topological polar surface area (TPSA) is 55.6 Å². The second-order valence-electron chi connectivity index (χ2n) is 5.52. The molecule has 4 nitrogen and oxygen atoms in total. The highest BCUT2D eigenvalue weighted by atomic mass is 35.5. The van der Waals surface area contributed by atoms with Gasteiger partial charge in [0.2, 0.25) is 5.91 Å². The Balaban J connectivity index is 0.00000220. The summed E-state index contributed by atoms with van der Waals surface area (Å²) in [4.78, 5) is 14.4. The molecule has 1 heterocycles. The largest absolute Gasteiger partial charge is 0.381 e. The van der Waals surface area contributed by atoms with Gasteiger partial charge in [0.25, 0.3) is 0 Å². The molecular formula is C16H25ClN2O2. The van der Waals surface area contributed by atoms with Crippen LogP contribution < -0.4 is 5.73 Å². The molecule has 0 spiro atoms. The summed E-state index contributed by atoms with van der Waals surface area (Å²) in [5.74, 6) is 0.166. The van der Waals surface area contributed by atoms with Crippen molar-refractivity contribution < 1.29 is 9.53 Å². The van der Waals surface area contributed by atoms with Crippen LogP contribution in [0.1, 0.15) is 24.0 Å². The highest BCUT2D eigenvalue weighted by Gasteiger charge is 2.30. The second-order valence-corrected chi connectivity index (χ2v) is 5.52. The molecule has 2 rings (SSSR count). The molecular weight excluding hydrogens is 288 g/mol. The van der Waals surface area contributed by atoms with E-state index in [0.29, 0.717) is 13.0 Å². The van der Waals surface area contributed by atoms with E-state index in [0.717, 1.165) is 24.9 Å². The summed E-state index contributed by atoms with van der Waals surface area (Å²) >= 11 is 0. The molecule has 21 heavy (non-hydrogen) atoms. The molecule has 2 atom stereocenters. The van der Waals surface area contributed by atoms with E-state index in [4.69, 9.17) is 10.5 Å². The fraction of sp³-hybridized carbons (Fsp3) is 0.562. The molecule has 1 aliphatic rings. The fourth-order valence-corrected chi connectivity index (χ4v) is 2.76. The van der Waals surface area contributed by atoms with Crippen LogP contribution in [0.2, 0.25) is 0 Å². The molecule has 0 aromatic heterocycles. The molecule has 1 aliphatic heterocycles. The van der Waals surface area contributed by atoms with Crippen LogP contribution in [-0.4, -0.2) is 43.2 Å². The molecule has 1 aromatic rings. The summed E-state index contributed by atoms with van der Waals surface area (Å²) in [6.07, 6.45) is 2.42. The minimum atomic E-state index is 0. The van der Waals surface area contributed by atoms with Crippen LogP contribution >= 0.6 is 12.4 Å². The number of piperidine rings is 1. The van der Waals surface area contributed by atoms with Gasteiger partial charge in [0.1, 0.15) is 0 Å². The number of ether oxygens (including phenoxy) is 1. The van der Waals surface area contributed by atoms with E-state index in [1.54, 1.807) is 7.11 Å². The van der Waals surface area contributed by atoms with E-state index >= 15 is 0 Å².